The first-order valence-corrected chi connectivity index (χ1v) is 11.0. The molecule has 5 rings (SSSR count). The second-order valence-electron chi connectivity index (χ2n) is 8.02. The second kappa shape index (κ2) is 8.79. The first-order chi connectivity index (χ1) is 15.7. The molecule has 1 atom stereocenters. The summed E-state index contributed by atoms with van der Waals surface area (Å²) in [7, 11) is 0. The number of fused-ring (bicyclic) bond motifs is 2. The van der Waals surface area contributed by atoms with Gasteiger partial charge in [0, 0.05) is 42.5 Å². The second-order valence-corrected chi connectivity index (χ2v) is 8.02. The van der Waals surface area contributed by atoms with Crippen molar-refractivity contribution >= 4 is 16.8 Å². The Balaban J connectivity index is 1.49. The van der Waals surface area contributed by atoms with E-state index in [-0.39, 0.29) is 18.6 Å². The lowest BCUT2D eigenvalue weighted by Gasteiger charge is -2.18. The molecule has 1 amide bonds. The molecule has 2 heterocycles. The molecule has 162 valence electrons. The van der Waals surface area contributed by atoms with Crippen molar-refractivity contribution in [2.45, 2.75) is 32.4 Å². The third kappa shape index (κ3) is 3.94. The molecule has 5 heteroatoms. The van der Waals surface area contributed by atoms with Crippen LogP contribution in [0.5, 0.6) is 11.5 Å². The van der Waals surface area contributed by atoms with Gasteiger partial charge in [-0.1, -0.05) is 54.6 Å². The van der Waals surface area contributed by atoms with E-state index in [2.05, 4.69) is 47.3 Å². The molecule has 3 aromatic carbocycles. The molecular weight excluding hydrogens is 400 g/mol. The Kier molecular flexibility index (Phi) is 5.55. The van der Waals surface area contributed by atoms with Crippen molar-refractivity contribution in [1.29, 1.82) is 0 Å². The summed E-state index contributed by atoms with van der Waals surface area (Å²) in [6.07, 6.45) is 2.54. The summed E-state index contributed by atoms with van der Waals surface area (Å²) in [6, 6.07) is 24.3. The van der Waals surface area contributed by atoms with Crippen molar-refractivity contribution in [3.05, 3.63) is 95.7 Å². The lowest BCUT2D eigenvalue weighted by molar-refractivity contribution is -0.121. The fourth-order valence-corrected chi connectivity index (χ4v) is 4.41. The van der Waals surface area contributed by atoms with E-state index in [1.165, 1.54) is 10.9 Å². The number of nitrogens with zero attached hydrogens (tertiary/aromatic N) is 1. The van der Waals surface area contributed by atoms with Gasteiger partial charge in [0.05, 0.1) is 0 Å². The van der Waals surface area contributed by atoms with E-state index in [4.69, 9.17) is 9.47 Å². The van der Waals surface area contributed by atoms with Gasteiger partial charge in [-0.15, -0.1) is 0 Å². The summed E-state index contributed by atoms with van der Waals surface area (Å²) < 4.78 is 13.4. The maximum absolute atomic E-state index is 13.0. The van der Waals surface area contributed by atoms with Gasteiger partial charge >= 0.3 is 0 Å². The molecule has 5 nitrogen and oxygen atoms in total. The van der Waals surface area contributed by atoms with Crippen molar-refractivity contribution in [2.24, 2.45) is 0 Å². The normalized spacial score (nSPS) is 13.3. The van der Waals surface area contributed by atoms with Crippen molar-refractivity contribution in [3.8, 4) is 11.5 Å². The minimum absolute atomic E-state index is 0.0184. The molecule has 0 bridgehead atoms. The topological polar surface area (TPSA) is 52.5 Å². The van der Waals surface area contributed by atoms with Gasteiger partial charge < -0.3 is 19.4 Å². The largest absolute Gasteiger partial charge is 0.454 e. The average Bonchev–Trinajstić information content (AvgIpc) is 3.46. The number of carbonyl (C=O) groups excluding carboxylic acids is 1. The zero-order valence-electron chi connectivity index (χ0n) is 18.1. The smallest absolute Gasteiger partial charge is 0.231 e. The lowest BCUT2D eigenvalue weighted by Crippen LogP contribution is -2.25. The Hall–Kier alpha value is -3.73. The van der Waals surface area contributed by atoms with Gasteiger partial charge in [-0.2, -0.15) is 0 Å². The van der Waals surface area contributed by atoms with Crippen LogP contribution in [0.4, 0.5) is 0 Å². The van der Waals surface area contributed by atoms with Crippen LogP contribution < -0.4 is 14.8 Å². The van der Waals surface area contributed by atoms with E-state index in [1.54, 1.807) is 0 Å². The molecule has 1 aliphatic heterocycles. The monoisotopic (exact) mass is 426 g/mol. The number of para-hydroxylation sites is 1. The highest BCUT2D eigenvalue weighted by atomic mass is 16.7. The summed E-state index contributed by atoms with van der Waals surface area (Å²) in [5.74, 6) is 1.40. The summed E-state index contributed by atoms with van der Waals surface area (Å²) in [5, 5.41) is 4.26. The lowest BCUT2D eigenvalue weighted by atomic mass is 9.87. The molecule has 1 aliphatic rings. The third-order valence-electron chi connectivity index (χ3n) is 6.06. The highest BCUT2D eigenvalue weighted by Gasteiger charge is 2.25. The van der Waals surface area contributed by atoms with Crippen molar-refractivity contribution in [3.63, 3.8) is 0 Å². The predicted octanol–water partition coefficient (Wildman–Crippen LogP) is 5.23. The highest BCUT2D eigenvalue weighted by molar-refractivity contribution is 5.86. The van der Waals surface area contributed by atoms with Crippen LogP contribution in [-0.4, -0.2) is 17.3 Å². The van der Waals surface area contributed by atoms with Crippen LogP contribution in [0.2, 0.25) is 0 Å². The van der Waals surface area contributed by atoms with Gasteiger partial charge in [0.2, 0.25) is 12.7 Å². The Morgan fingerprint density at radius 1 is 1.00 bits per heavy atom. The van der Waals surface area contributed by atoms with Crippen LogP contribution in [0.3, 0.4) is 0 Å². The molecule has 0 unspecified atom stereocenters. The van der Waals surface area contributed by atoms with Crippen molar-refractivity contribution in [2.75, 3.05) is 6.79 Å². The number of hydrogen-bond donors (Lipinski definition) is 1. The van der Waals surface area contributed by atoms with Crippen LogP contribution in [0.1, 0.15) is 36.0 Å². The summed E-state index contributed by atoms with van der Waals surface area (Å²) in [5.41, 5.74) is 4.46. The van der Waals surface area contributed by atoms with Gasteiger partial charge in [0.1, 0.15) is 0 Å². The number of benzene rings is 3. The SMILES string of the molecule is CCn1cc([C@H](CC(=O)NCc2ccccc2)c2ccc3c(c2)OCO3)c2ccccc21. The molecule has 0 radical (unpaired) electrons. The maximum Gasteiger partial charge on any atom is 0.231 e. The Labute approximate surface area is 187 Å². The Morgan fingerprint density at radius 2 is 1.78 bits per heavy atom. The summed E-state index contributed by atoms with van der Waals surface area (Å²) >= 11 is 0. The number of aryl methyl sites for hydroxylation is 1. The van der Waals surface area contributed by atoms with Crippen LogP contribution in [0, 0.1) is 0 Å². The van der Waals surface area contributed by atoms with E-state index < -0.39 is 0 Å². The quantitative estimate of drug-likeness (QED) is 0.440. The first-order valence-electron chi connectivity index (χ1n) is 11.0. The summed E-state index contributed by atoms with van der Waals surface area (Å²) in [6.45, 7) is 3.76. The molecule has 1 N–H and O–H groups in total. The standard InChI is InChI=1S/C27H26N2O3/c1-2-29-17-23(21-10-6-7-11-24(21)29)22(20-12-13-25-26(14-20)32-18-31-25)15-27(30)28-16-19-8-4-3-5-9-19/h3-14,17,22H,2,15-16,18H2,1H3,(H,28,30)/t22-/m1/s1. The van der Waals surface area contributed by atoms with E-state index in [0.29, 0.717) is 13.0 Å². The Morgan fingerprint density at radius 3 is 2.62 bits per heavy atom. The third-order valence-corrected chi connectivity index (χ3v) is 6.06. The Bertz CT molecular complexity index is 1250. The fraction of sp³-hybridized carbons (Fsp3) is 0.222. The predicted molar refractivity (Wildman–Crippen MR) is 125 cm³/mol. The minimum Gasteiger partial charge on any atom is -0.454 e. The summed E-state index contributed by atoms with van der Waals surface area (Å²) in [4.78, 5) is 13.0. The molecule has 4 aromatic rings. The molecule has 0 saturated carbocycles. The molecule has 0 saturated heterocycles. The molecule has 0 aliphatic carbocycles. The van der Waals surface area contributed by atoms with Gasteiger partial charge in [0.15, 0.2) is 11.5 Å². The number of hydrogen-bond acceptors (Lipinski definition) is 3. The van der Waals surface area contributed by atoms with Crippen molar-refractivity contribution in [1.82, 2.24) is 9.88 Å². The van der Waals surface area contributed by atoms with Crippen LogP contribution in [0.15, 0.2) is 79.0 Å². The molecule has 0 spiro atoms. The van der Waals surface area contributed by atoms with E-state index in [0.717, 1.165) is 34.7 Å². The van der Waals surface area contributed by atoms with E-state index in [1.807, 2.05) is 48.5 Å². The van der Waals surface area contributed by atoms with Crippen LogP contribution in [-0.2, 0) is 17.9 Å². The molecule has 0 fully saturated rings. The van der Waals surface area contributed by atoms with Gasteiger partial charge in [-0.05, 0) is 41.8 Å². The average molecular weight is 427 g/mol. The van der Waals surface area contributed by atoms with Crippen LogP contribution >= 0.6 is 0 Å². The molecule has 1 aromatic heterocycles. The zero-order valence-corrected chi connectivity index (χ0v) is 18.1. The highest BCUT2D eigenvalue weighted by Crippen LogP contribution is 2.40. The number of amides is 1. The van der Waals surface area contributed by atoms with E-state index >= 15 is 0 Å². The van der Waals surface area contributed by atoms with Crippen molar-refractivity contribution < 1.29 is 14.3 Å². The fourth-order valence-electron chi connectivity index (χ4n) is 4.41. The first kappa shape index (κ1) is 20.2. The van der Waals surface area contributed by atoms with Crippen LogP contribution in [0.25, 0.3) is 10.9 Å². The van der Waals surface area contributed by atoms with E-state index in [9.17, 15) is 4.79 Å². The molecular formula is C27H26N2O3. The number of nitrogens with one attached hydrogen (secondary N) is 1. The van der Waals surface area contributed by atoms with Gasteiger partial charge in [0.25, 0.3) is 0 Å². The minimum atomic E-state index is -0.0991. The van der Waals surface area contributed by atoms with Gasteiger partial charge in [-0.3, -0.25) is 4.79 Å². The number of ether oxygens (including phenoxy) is 2. The maximum atomic E-state index is 13.0. The van der Waals surface area contributed by atoms with Gasteiger partial charge in [-0.25, -0.2) is 0 Å². The number of aromatic nitrogens is 1. The number of carbonyl (C=O) groups is 1. The number of rotatable bonds is 7. The zero-order chi connectivity index (χ0) is 21.9. The molecule has 32 heavy (non-hydrogen) atoms.